The average molecular weight is 417 g/mol. The first-order chi connectivity index (χ1) is 13.9. The van der Waals surface area contributed by atoms with E-state index in [0.717, 1.165) is 23.2 Å². The van der Waals surface area contributed by atoms with Crippen LogP contribution in [0.15, 0.2) is 58.1 Å². The minimum Gasteiger partial charge on any atom is -0.487 e. The van der Waals surface area contributed by atoms with Gasteiger partial charge in [0.15, 0.2) is 12.0 Å². The highest BCUT2D eigenvalue weighted by atomic mass is 35.5. The molecule has 0 fully saturated rings. The Morgan fingerprint density at radius 2 is 2.00 bits per heavy atom. The molecule has 29 heavy (non-hydrogen) atoms. The smallest absolute Gasteiger partial charge is 0.273 e. The summed E-state index contributed by atoms with van der Waals surface area (Å²) in [5.41, 5.74) is 2.54. The quantitative estimate of drug-likeness (QED) is 0.466. The fraction of sp³-hybridized carbons (Fsp3) is 0.143. The molecule has 0 aliphatic rings. The van der Waals surface area contributed by atoms with Gasteiger partial charge in [-0.25, -0.2) is 13.8 Å². The third kappa shape index (κ3) is 3.86. The molecule has 5 nitrogen and oxygen atoms in total. The van der Waals surface area contributed by atoms with E-state index < -0.39 is 17.2 Å². The molecule has 2 aromatic heterocycles. The third-order valence-electron chi connectivity index (χ3n) is 4.55. The lowest BCUT2D eigenvalue weighted by Crippen LogP contribution is -2.24. The summed E-state index contributed by atoms with van der Waals surface area (Å²) in [6.07, 6.45) is 1.36. The molecule has 4 rings (SSSR count). The van der Waals surface area contributed by atoms with Gasteiger partial charge in [0.1, 0.15) is 34.5 Å². The van der Waals surface area contributed by atoms with Gasteiger partial charge in [-0.05, 0) is 36.8 Å². The summed E-state index contributed by atoms with van der Waals surface area (Å²) in [5, 5.41) is -0.112. The molecule has 2 aromatic carbocycles. The third-order valence-corrected chi connectivity index (χ3v) is 4.90. The number of pyridine rings is 1. The van der Waals surface area contributed by atoms with Gasteiger partial charge in [0.05, 0.1) is 6.54 Å². The van der Waals surface area contributed by atoms with E-state index in [0.29, 0.717) is 11.3 Å². The van der Waals surface area contributed by atoms with Crippen LogP contribution in [0.25, 0.3) is 11.1 Å². The predicted octanol–water partition coefficient (Wildman–Crippen LogP) is 4.86. The number of aromatic nitrogens is 2. The fourth-order valence-corrected chi connectivity index (χ4v) is 3.20. The zero-order valence-electron chi connectivity index (χ0n) is 15.3. The molecule has 0 radical (unpaired) electrons. The van der Waals surface area contributed by atoms with Crippen molar-refractivity contribution in [2.24, 2.45) is 0 Å². The number of oxazole rings is 1. The van der Waals surface area contributed by atoms with Crippen LogP contribution < -0.4 is 10.3 Å². The predicted molar refractivity (Wildman–Crippen MR) is 104 cm³/mol. The summed E-state index contributed by atoms with van der Waals surface area (Å²) in [6.45, 7) is 1.85. The summed E-state index contributed by atoms with van der Waals surface area (Å²) in [4.78, 5) is 16.8. The molecule has 4 aromatic rings. The van der Waals surface area contributed by atoms with Crippen molar-refractivity contribution in [2.75, 3.05) is 0 Å². The molecule has 148 valence electrons. The van der Waals surface area contributed by atoms with Crippen LogP contribution in [0.3, 0.4) is 0 Å². The summed E-state index contributed by atoms with van der Waals surface area (Å²) >= 11 is 6.20. The Bertz CT molecular complexity index is 1270. The Morgan fingerprint density at radius 3 is 2.79 bits per heavy atom. The number of nitrogens with zero attached hydrogens (tertiary/aromatic N) is 2. The Balaban J connectivity index is 1.59. The summed E-state index contributed by atoms with van der Waals surface area (Å²) < 4.78 is 39.1. The lowest BCUT2D eigenvalue weighted by Gasteiger charge is -2.14. The molecule has 0 saturated carbocycles. The van der Waals surface area contributed by atoms with Gasteiger partial charge in [-0.3, -0.25) is 4.79 Å². The van der Waals surface area contributed by atoms with E-state index in [9.17, 15) is 13.6 Å². The molecule has 8 heteroatoms. The molecule has 0 amide bonds. The average Bonchev–Trinajstić information content (AvgIpc) is 3.16. The summed E-state index contributed by atoms with van der Waals surface area (Å²) in [7, 11) is 0. The van der Waals surface area contributed by atoms with Gasteiger partial charge in [-0.2, -0.15) is 0 Å². The van der Waals surface area contributed by atoms with E-state index in [1.54, 1.807) is 13.0 Å². The van der Waals surface area contributed by atoms with E-state index in [1.165, 1.54) is 17.0 Å². The number of hydrogen-bond donors (Lipinski definition) is 0. The van der Waals surface area contributed by atoms with Gasteiger partial charge >= 0.3 is 0 Å². The van der Waals surface area contributed by atoms with E-state index in [1.807, 2.05) is 18.2 Å². The number of fused-ring (bicyclic) bond motifs is 1. The fourth-order valence-electron chi connectivity index (χ4n) is 2.99. The molecular formula is C21H15ClF2N2O3. The summed E-state index contributed by atoms with van der Waals surface area (Å²) in [6, 6.07) is 10.3. The molecule has 0 aliphatic heterocycles. The molecule has 0 bridgehead atoms. The van der Waals surface area contributed by atoms with Crippen LogP contribution in [0.4, 0.5) is 8.78 Å². The largest absolute Gasteiger partial charge is 0.487 e. The van der Waals surface area contributed by atoms with Crippen LogP contribution in [0.2, 0.25) is 5.02 Å². The van der Waals surface area contributed by atoms with E-state index in [4.69, 9.17) is 20.8 Å². The molecule has 0 N–H and O–H groups in total. The molecule has 0 atom stereocenters. The van der Waals surface area contributed by atoms with Crippen molar-refractivity contribution in [1.82, 2.24) is 9.55 Å². The van der Waals surface area contributed by atoms with Crippen LogP contribution in [0, 0.1) is 18.6 Å². The molecular weight excluding hydrogens is 402 g/mol. The van der Waals surface area contributed by atoms with Crippen molar-refractivity contribution in [2.45, 2.75) is 20.1 Å². The Kier molecular flexibility index (Phi) is 5.07. The highest BCUT2D eigenvalue weighted by molar-refractivity contribution is 6.31. The first-order valence-corrected chi connectivity index (χ1v) is 9.09. The number of hydrogen-bond acceptors (Lipinski definition) is 4. The van der Waals surface area contributed by atoms with Gasteiger partial charge in [0.25, 0.3) is 5.56 Å². The zero-order valence-corrected chi connectivity index (χ0v) is 16.0. The van der Waals surface area contributed by atoms with Crippen molar-refractivity contribution in [3.05, 3.63) is 92.7 Å². The SMILES string of the molecule is Cc1cc(OCc2ccc(F)cc2F)c(Cl)c(=O)n1Cc1ccc2ncoc2c1. The lowest BCUT2D eigenvalue weighted by molar-refractivity contribution is 0.298. The highest BCUT2D eigenvalue weighted by Crippen LogP contribution is 2.24. The first-order valence-electron chi connectivity index (χ1n) is 8.71. The van der Waals surface area contributed by atoms with E-state index >= 15 is 0 Å². The van der Waals surface area contributed by atoms with Crippen LogP contribution in [0.5, 0.6) is 5.75 Å². The van der Waals surface area contributed by atoms with Crippen molar-refractivity contribution in [3.8, 4) is 5.75 Å². The van der Waals surface area contributed by atoms with Crippen LogP contribution >= 0.6 is 11.6 Å². The molecule has 0 unspecified atom stereocenters. The first kappa shape index (κ1) is 19.1. The summed E-state index contributed by atoms with van der Waals surface area (Å²) in [5.74, 6) is -1.26. The van der Waals surface area contributed by atoms with Crippen molar-refractivity contribution >= 4 is 22.7 Å². The zero-order chi connectivity index (χ0) is 20.5. The highest BCUT2D eigenvalue weighted by Gasteiger charge is 2.14. The Labute approximate surface area is 169 Å². The van der Waals surface area contributed by atoms with Crippen LogP contribution in [0.1, 0.15) is 16.8 Å². The van der Waals surface area contributed by atoms with E-state index in [-0.39, 0.29) is 29.5 Å². The second-order valence-electron chi connectivity index (χ2n) is 6.53. The number of aryl methyl sites for hydroxylation is 1. The van der Waals surface area contributed by atoms with Gasteiger partial charge < -0.3 is 13.7 Å². The minimum absolute atomic E-state index is 0.112. The number of benzene rings is 2. The normalized spacial score (nSPS) is 11.2. The molecule has 2 heterocycles. The minimum atomic E-state index is -0.728. The Hall–Kier alpha value is -3.19. The van der Waals surface area contributed by atoms with Crippen LogP contribution in [-0.2, 0) is 13.2 Å². The topological polar surface area (TPSA) is 57.3 Å². The number of halogens is 3. The maximum absolute atomic E-state index is 13.8. The second-order valence-corrected chi connectivity index (χ2v) is 6.91. The lowest BCUT2D eigenvalue weighted by atomic mass is 10.2. The van der Waals surface area contributed by atoms with Crippen molar-refractivity contribution in [1.29, 1.82) is 0 Å². The molecule has 0 spiro atoms. The van der Waals surface area contributed by atoms with Gasteiger partial charge in [0.2, 0.25) is 0 Å². The maximum Gasteiger partial charge on any atom is 0.273 e. The maximum atomic E-state index is 13.8. The monoisotopic (exact) mass is 416 g/mol. The van der Waals surface area contributed by atoms with Gasteiger partial charge in [-0.15, -0.1) is 0 Å². The number of rotatable bonds is 5. The molecule has 0 saturated heterocycles. The second kappa shape index (κ2) is 7.67. The van der Waals surface area contributed by atoms with Crippen molar-refractivity contribution < 1.29 is 17.9 Å². The van der Waals surface area contributed by atoms with Gasteiger partial charge in [0, 0.05) is 23.4 Å². The van der Waals surface area contributed by atoms with Crippen LogP contribution in [-0.4, -0.2) is 9.55 Å². The van der Waals surface area contributed by atoms with Crippen molar-refractivity contribution in [3.63, 3.8) is 0 Å². The standard InChI is InChI=1S/C21H15ClF2N2O3/c1-12-6-19(28-10-14-3-4-15(23)8-16(14)24)20(22)21(27)26(12)9-13-2-5-17-18(7-13)29-11-25-17/h2-8,11H,9-10H2,1H3. The van der Waals surface area contributed by atoms with E-state index in [2.05, 4.69) is 4.98 Å². The Morgan fingerprint density at radius 1 is 1.17 bits per heavy atom. The van der Waals surface area contributed by atoms with Gasteiger partial charge in [-0.1, -0.05) is 17.7 Å². The molecule has 0 aliphatic carbocycles. The number of ether oxygens (including phenoxy) is 1.